The molecule has 3 aliphatic rings. The van der Waals surface area contributed by atoms with Crippen LogP contribution in [0.25, 0.3) is 11.3 Å². The molecule has 4 N–H and O–H groups in total. The Kier molecular flexibility index (Phi) is 8.70. The van der Waals surface area contributed by atoms with Crippen molar-refractivity contribution in [1.29, 1.82) is 0 Å². The highest BCUT2D eigenvalue weighted by atomic mass is 32.2. The number of hydrogen-bond donors (Lipinski definition) is 2. The van der Waals surface area contributed by atoms with Crippen LogP contribution in [0.2, 0.25) is 0 Å². The zero-order valence-electron chi connectivity index (χ0n) is 26.4. The SMILES string of the molecule is CN(c1ccc(C2(N)CCC2)cc1)c1nc(-c2cccc(N3CCC(N4CCC[S+]4[O-])CC3)c2)ccc1/N=C/c1cccnc1N. The van der Waals surface area contributed by atoms with Crippen LogP contribution in [0.3, 0.4) is 0 Å². The summed E-state index contributed by atoms with van der Waals surface area (Å²) in [5, 5.41) is 0. The first-order valence-corrected chi connectivity index (χ1v) is 17.5. The van der Waals surface area contributed by atoms with Gasteiger partial charge in [0, 0.05) is 84.9 Å². The molecule has 1 aliphatic carbocycles. The first-order valence-electron chi connectivity index (χ1n) is 16.3. The highest BCUT2D eigenvalue weighted by Crippen LogP contribution is 2.40. The van der Waals surface area contributed by atoms with E-state index < -0.39 is 11.4 Å². The highest BCUT2D eigenvalue weighted by Gasteiger charge is 2.36. The fourth-order valence-electron chi connectivity index (χ4n) is 6.80. The quantitative estimate of drug-likeness (QED) is 0.181. The van der Waals surface area contributed by atoms with E-state index in [2.05, 4.69) is 67.6 Å². The van der Waals surface area contributed by atoms with E-state index >= 15 is 0 Å². The predicted molar refractivity (Wildman–Crippen MR) is 189 cm³/mol. The molecule has 0 radical (unpaired) electrons. The summed E-state index contributed by atoms with van der Waals surface area (Å²) in [6, 6.07) is 25.4. The highest BCUT2D eigenvalue weighted by molar-refractivity contribution is 7.89. The van der Waals surface area contributed by atoms with Gasteiger partial charge in [0.05, 0.1) is 11.7 Å². The second-order valence-electron chi connectivity index (χ2n) is 12.7. The van der Waals surface area contributed by atoms with Crippen LogP contribution in [0.4, 0.5) is 28.7 Å². The monoisotopic (exact) mass is 634 g/mol. The molecule has 10 heteroatoms. The number of nitrogen functional groups attached to an aromatic ring is 1. The van der Waals surface area contributed by atoms with Crippen LogP contribution < -0.4 is 21.3 Å². The molecule has 3 fully saturated rings. The lowest BCUT2D eigenvalue weighted by atomic mass is 9.73. The van der Waals surface area contributed by atoms with E-state index in [4.69, 9.17) is 21.4 Å². The average molecular weight is 635 g/mol. The lowest BCUT2D eigenvalue weighted by molar-refractivity contribution is 0.253. The summed E-state index contributed by atoms with van der Waals surface area (Å²) in [5.74, 6) is 1.98. The summed E-state index contributed by atoms with van der Waals surface area (Å²) in [6.07, 6.45) is 9.75. The predicted octanol–water partition coefficient (Wildman–Crippen LogP) is 5.92. The third kappa shape index (κ3) is 6.22. The van der Waals surface area contributed by atoms with Crippen LogP contribution in [0.1, 0.15) is 49.7 Å². The number of nitrogens with zero attached hydrogens (tertiary/aromatic N) is 6. The normalized spacial score (nSPS) is 20.2. The molecule has 4 heterocycles. The van der Waals surface area contributed by atoms with E-state index in [1.807, 2.05) is 31.3 Å². The van der Waals surface area contributed by atoms with E-state index in [0.717, 1.165) is 91.5 Å². The van der Waals surface area contributed by atoms with Gasteiger partial charge in [0.15, 0.2) is 5.82 Å². The van der Waals surface area contributed by atoms with Crippen LogP contribution in [0.15, 0.2) is 84.0 Å². The summed E-state index contributed by atoms with van der Waals surface area (Å²) in [4.78, 5) is 18.7. The van der Waals surface area contributed by atoms with Crippen molar-refractivity contribution in [3.8, 4) is 11.3 Å². The molecule has 1 saturated carbocycles. The van der Waals surface area contributed by atoms with Crippen LogP contribution in [0.5, 0.6) is 0 Å². The Morgan fingerprint density at radius 1 is 1.00 bits per heavy atom. The van der Waals surface area contributed by atoms with Gasteiger partial charge in [-0.25, -0.2) is 9.97 Å². The van der Waals surface area contributed by atoms with Gasteiger partial charge in [-0.1, -0.05) is 24.3 Å². The van der Waals surface area contributed by atoms with Gasteiger partial charge in [-0.15, -0.1) is 4.31 Å². The number of hydrogen-bond acceptors (Lipinski definition) is 9. The molecule has 2 saturated heterocycles. The Morgan fingerprint density at radius 3 is 2.50 bits per heavy atom. The molecule has 0 amide bonds. The molecule has 4 aromatic rings. The molecule has 1 unspecified atom stereocenters. The molecule has 7 rings (SSSR count). The minimum absolute atomic E-state index is 0.207. The standard InChI is InChI=1S/C36H42N8OS/c1-42(29-11-9-28(10-12-29)36(38)17-4-18-36)35-33(40-25-27-7-3-19-39-34(27)37)14-13-32(41-35)26-6-2-8-31(24-26)43-21-15-30(16-22-43)44-20-5-23-46(44)45/h2-3,6-14,19,24-25,30H,4-5,15-18,20-23,38H2,1H3,(H2,37,39)/b40-25+. The Bertz CT molecular complexity index is 1700. The number of aromatic nitrogens is 2. The molecule has 2 aliphatic heterocycles. The zero-order valence-corrected chi connectivity index (χ0v) is 27.2. The summed E-state index contributed by atoms with van der Waals surface area (Å²) in [6.45, 7) is 2.87. The molecule has 9 nitrogen and oxygen atoms in total. The number of aliphatic imine (C=N–C) groups is 1. The lowest BCUT2D eigenvalue weighted by Crippen LogP contribution is -2.45. The number of benzene rings is 2. The smallest absolute Gasteiger partial charge is 0.159 e. The third-order valence-corrected chi connectivity index (χ3v) is 11.4. The summed E-state index contributed by atoms with van der Waals surface area (Å²) >= 11 is -0.804. The Hall–Kier alpha value is -3.96. The van der Waals surface area contributed by atoms with E-state index in [0.29, 0.717) is 11.9 Å². The van der Waals surface area contributed by atoms with Crippen molar-refractivity contribution in [2.45, 2.75) is 50.1 Å². The first kappa shape index (κ1) is 30.7. The molecule has 238 valence electrons. The van der Waals surface area contributed by atoms with E-state index in [-0.39, 0.29) is 5.54 Å². The van der Waals surface area contributed by atoms with Gasteiger partial charge in [-0.3, -0.25) is 4.99 Å². The van der Waals surface area contributed by atoms with Crippen molar-refractivity contribution in [1.82, 2.24) is 14.3 Å². The lowest BCUT2D eigenvalue weighted by Gasteiger charge is -2.38. The zero-order chi connectivity index (χ0) is 31.7. The number of nitrogens with two attached hydrogens (primary N) is 2. The summed E-state index contributed by atoms with van der Waals surface area (Å²) < 4.78 is 14.6. The molecular weight excluding hydrogens is 593 g/mol. The van der Waals surface area contributed by atoms with Gasteiger partial charge >= 0.3 is 0 Å². The maximum absolute atomic E-state index is 12.4. The summed E-state index contributed by atoms with van der Waals surface area (Å²) in [7, 11) is 2.02. The fraction of sp³-hybridized carbons (Fsp3) is 0.361. The number of pyridine rings is 2. The number of rotatable bonds is 8. The maximum atomic E-state index is 12.4. The Morgan fingerprint density at radius 2 is 1.80 bits per heavy atom. The van der Waals surface area contributed by atoms with Crippen molar-refractivity contribution < 1.29 is 4.55 Å². The molecular formula is C36H42N8OS. The van der Waals surface area contributed by atoms with Crippen LogP contribution >= 0.6 is 0 Å². The molecule has 46 heavy (non-hydrogen) atoms. The number of anilines is 4. The number of piperidine rings is 1. The minimum Gasteiger partial charge on any atom is -0.598 e. The third-order valence-electron chi connectivity index (χ3n) is 9.80. The van der Waals surface area contributed by atoms with Crippen molar-refractivity contribution in [2.75, 3.05) is 48.0 Å². The summed E-state index contributed by atoms with van der Waals surface area (Å²) in [5.41, 5.74) is 19.3. The van der Waals surface area contributed by atoms with Gasteiger partial charge < -0.3 is 25.8 Å². The second-order valence-corrected chi connectivity index (χ2v) is 14.2. The fourth-order valence-corrected chi connectivity index (χ4v) is 8.29. The largest absolute Gasteiger partial charge is 0.598 e. The first-order chi connectivity index (χ1) is 22.4. The minimum atomic E-state index is -0.804. The molecule has 2 aromatic heterocycles. The van der Waals surface area contributed by atoms with Gasteiger partial charge in [-0.2, -0.15) is 0 Å². The molecule has 1 atom stereocenters. The van der Waals surface area contributed by atoms with Crippen LogP contribution in [0, 0.1) is 0 Å². The second kappa shape index (κ2) is 13.0. The van der Waals surface area contributed by atoms with Crippen LogP contribution in [-0.4, -0.2) is 63.5 Å². The topological polar surface area (TPSA) is 123 Å². The maximum Gasteiger partial charge on any atom is 0.159 e. The van der Waals surface area contributed by atoms with E-state index in [9.17, 15) is 4.55 Å². The molecule has 0 spiro atoms. The van der Waals surface area contributed by atoms with E-state index in [1.165, 1.54) is 17.7 Å². The molecule has 2 aromatic carbocycles. The Balaban J connectivity index is 1.17. The van der Waals surface area contributed by atoms with Gasteiger partial charge in [0.2, 0.25) is 0 Å². The van der Waals surface area contributed by atoms with Crippen molar-refractivity contribution in [2.24, 2.45) is 10.7 Å². The van der Waals surface area contributed by atoms with Gasteiger partial charge in [-0.05, 0) is 86.2 Å². The van der Waals surface area contributed by atoms with Crippen LogP contribution in [-0.2, 0) is 16.9 Å². The van der Waals surface area contributed by atoms with E-state index in [1.54, 1.807) is 12.4 Å². The van der Waals surface area contributed by atoms with Gasteiger partial charge in [0.1, 0.15) is 17.3 Å². The van der Waals surface area contributed by atoms with Crippen molar-refractivity contribution in [3.05, 3.63) is 90.1 Å². The Labute approximate surface area is 274 Å². The average Bonchev–Trinajstić information content (AvgIpc) is 3.52. The van der Waals surface area contributed by atoms with Gasteiger partial charge in [0.25, 0.3) is 0 Å². The molecule has 0 bridgehead atoms. The van der Waals surface area contributed by atoms with Crippen molar-refractivity contribution in [3.63, 3.8) is 0 Å². The van der Waals surface area contributed by atoms with Crippen molar-refractivity contribution >= 4 is 46.3 Å².